The second-order valence-electron chi connectivity index (χ2n) is 4.63. The quantitative estimate of drug-likeness (QED) is 0.759. The van der Waals surface area contributed by atoms with Crippen LogP contribution in [-0.4, -0.2) is 5.54 Å². The molecule has 0 aliphatic heterocycles. The predicted octanol–water partition coefficient (Wildman–Crippen LogP) is 3.99. The molecule has 1 nitrogen and oxygen atoms in total. The molecule has 1 aromatic rings. The first-order chi connectivity index (χ1) is 6.53. The molecule has 0 aliphatic carbocycles. The summed E-state index contributed by atoms with van der Waals surface area (Å²) in [6, 6.07) is 8.54. The van der Waals surface area contributed by atoms with Crippen molar-refractivity contribution in [2.45, 2.75) is 46.1 Å². The van der Waals surface area contributed by atoms with E-state index in [1.165, 1.54) is 24.1 Å². The third kappa shape index (κ3) is 3.41. The molecule has 0 heterocycles. The van der Waals surface area contributed by atoms with Crippen LogP contribution in [0.2, 0.25) is 0 Å². The summed E-state index contributed by atoms with van der Waals surface area (Å²) >= 11 is 0. The zero-order chi connectivity index (χ0) is 10.6. The smallest absolute Gasteiger partial charge is 0.0346 e. The standard InChI is InChI=1S/C13H21N/c1-5-9-13(3,4)14-12-8-6-7-11(2)10-12/h6-8,10,14H,5,9H2,1-4H3. The van der Waals surface area contributed by atoms with E-state index in [1.807, 2.05) is 0 Å². The Morgan fingerprint density at radius 2 is 2.00 bits per heavy atom. The fraction of sp³-hybridized carbons (Fsp3) is 0.538. The molecule has 0 atom stereocenters. The monoisotopic (exact) mass is 191 g/mol. The van der Waals surface area contributed by atoms with Gasteiger partial charge in [0.15, 0.2) is 0 Å². The van der Waals surface area contributed by atoms with Gasteiger partial charge in [-0.1, -0.05) is 25.5 Å². The lowest BCUT2D eigenvalue weighted by Gasteiger charge is -2.27. The first-order valence-electron chi connectivity index (χ1n) is 5.38. The summed E-state index contributed by atoms with van der Waals surface area (Å²) in [6.07, 6.45) is 2.41. The van der Waals surface area contributed by atoms with Crippen LogP contribution in [0, 0.1) is 6.92 Å². The molecule has 0 spiro atoms. The Balaban J connectivity index is 2.68. The van der Waals surface area contributed by atoms with E-state index in [-0.39, 0.29) is 5.54 Å². The lowest BCUT2D eigenvalue weighted by Crippen LogP contribution is -2.30. The van der Waals surface area contributed by atoms with Gasteiger partial charge >= 0.3 is 0 Å². The van der Waals surface area contributed by atoms with Gasteiger partial charge in [-0.05, 0) is 44.9 Å². The highest BCUT2D eigenvalue weighted by Crippen LogP contribution is 2.19. The molecule has 1 heteroatoms. The first-order valence-corrected chi connectivity index (χ1v) is 5.38. The summed E-state index contributed by atoms with van der Waals surface area (Å²) in [6.45, 7) is 8.84. The minimum absolute atomic E-state index is 0.197. The minimum Gasteiger partial charge on any atom is -0.380 e. The Morgan fingerprint density at radius 3 is 2.57 bits per heavy atom. The van der Waals surface area contributed by atoms with Crippen LogP contribution in [0.1, 0.15) is 39.2 Å². The van der Waals surface area contributed by atoms with Gasteiger partial charge < -0.3 is 5.32 Å². The van der Waals surface area contributed by atoms with Crippen molar-refractivity contribution in [3.63, 3.8) is 0 Å². The molecule has 0 aromatic heterocycles. The summed E-state index contributed by atoms with van der Waals surface area (Å²) in [4.78, 5) is 0. The van der Waals surface area contributed by atoms with Gasteiger partial charge in [0.05, 0.1) is 0 Å². The molecule has 0 saturated heterocycles. The summed E-state index contributed by atoms with van der Waals surface area (Å²) < 4.78 is 0. The topological polar surface area (TPSA) is 12.0 Å². The number of benzene rings is 1. The Kier molecular flexibility index (Phi) is 3.56. The highest BCUT2D eigenvalue weighted by molar-refractivity contribution is 5.47. The molecule has 0 amide bonds. The molecular weight excluding hydrogens is 170 g/mol. The number of aryl methyl sites for hydroxylation is 1. The van der Waals surface area contributed by atoms with E-state index in [4.69, 9.17) is 0 Å². The van der Waals surface area contributed by atoms with Gasteiger partial charge in [0.2, 0.25) is 0 Å². The van der Waals surface area contributed by atoms with Gasteiger partial charge in [-0.25, -0.2) is 0 Å². The van der Waals surface area contributed by atoms with E-state index in [9.17, 15) is 0 Å². The molecule has 0 aliphatic rings. The van der Waals surface area contributed by atoms with Crippen molar-refractivity contribution in [2.24, 2.45) is 0 Å². The van der Waals surface area contributed by atoms with Crippen LogP contribution in [0.5, 0.6) is 0 Å². The van der Waals surface area contributed by atoms with Gasteiger partial charge in [-0.2, -0.15) is 0 Å². The van der Waals surface area contributed by atoms with E-state index >= 15 is 0 Å². The van der Waals surface area contributed by atoms with Crippen LogP contribution in [0.3, 0.4) is 0 Å². The molecule has 78 valence electrons. The van der Waals surface area contributed by atoms with Crippen LogP contribution in [0.25, 0.3) is 0 Å². The molecule has 0 bridgehead atoms. The molecule has 1 rings (SSSR count). The molecular formula is C13H21N. The maximum absolute atomic E-state index is 3.56. The molecule has 0 fully saturated rings. The van der Waals surface area contributed by atoms with Crippen LogP contribution < -0.4 is 5.32 Å². The van der Waals surface area contributed by atoms with Crippen LogP contribution in [0.4, 0.5) is 5.69 Å². The molecule has 14 heavy (non-hydrogen) atoms. The van der Waals surface area contributed by atoms with E-state index in [0.29, 0.717) is 0 Å². The molecule has 0 radical (unpaired) electrons. The van der Waals surface area contributed by atoms with Crippen LogP contribution in [0.15, 0.2) is 24.3 Å². The summed E-state index contributed by atoms with van der Waals surface area (Å²) in [5, 5.41) is 3.56. The highest BCUT2D eigenvalue weighted by atomic mass is 15.0. The van der Waals surface area contributed by atoms with Crippen molar-refractivity contribution in [3.8, 4) is 0 Å². The average Bonchev–Trinajstić information content (AvgIpc) is 2.02. The van der Waals surface area contributed by atoms with Crippen LogP contribution in [-0.2, 0) is 0 Å². The largest absolute Gasteiger partial charge is 0.380 e. The number of nitrogens with one attached hydrogen (secondary N) is 1. The minimum atomic E-state index is 0.197. The second kappa shape index (κ2) is 4.50. The van der Waals surface area contributed by atoms with Gasteiger partial charge in [-0.3, -0.25) is 0 Å². The van der Waals surface area contributed by atoms with Gasteiger partial charge in [0.1, 0.15) is 0 Å². The molecule has 0 unspecified atom stereocenters. The molecule has 1 aromatic carbocycles. The van der Waals surface area contributed by atoms with Crippen molar-refractivity contribution in [3.05, 3.63) is 29.8 Å². The SMILES string of the molecule is CCCC(C)(C)Nc1cccc(C)c1. The third-order valence-corrected chi connectivity index (χ3v) is 2.38. The normalized spacial score (nSPS) is 11.4. The van der Waals surface area contributed by atoms with E-state index < -0.39 is 0 Å². The number of hydrogen-bond donors (Lipinski definition) is 1. The Hall–Kier alpha value is -0.980. The number of rotatable bonds is 4. The fourth-order valence-corrected chi connectivity index (χ4v) is 1.80. The molecule has 1 N–H and O–H groups in total. The second-order valence-corrected chi connectivity index (χ2v) is 4.63. The first kappa shape index (κ1) is 11.1. The number of hydrogen-bond acceptors (Lipinski definition) is 1. The molecule has 0 saturated carbocycles. The van der Waals surface area contributed by atoms with Gasteiger partial charge in [0, 0.05) is 11.2 Å². The summed E-state index contributed by atoms with van der Waals surface area (Å²) in [5.41, 5.74) is 2.73. The van der Waals surface area contributed by atoms with Crippen molar-refractivity contribution in [1.82, 2.24) is 0 Å². The highest BCUT2D eigenvalue weighted by Gasteiger charge is 2.15. The van der Waals surface area contributed by atoms with E-state index in [1.54, 1.807) is 0 Å². The zero-order valence-corrected chi connectivity index (χ0v) is 9.72. The lowest BCUT2D eigenvalue weighted by molar-refractivity contribution is 0.511. The fourth-order valence-electron chi connectivity index (χ4n) is 1.80. The van der Waals surface area contributed by atoms with Crippen LogP contribution >= 0.6 is 0 Å². The Morgan fingerprint density at radius 1 is 1.29 bits per heavy atom. The Bertz CT molecular complexity index is 289. The Labute approximate surface area is 87.5 Å². The maximum atomic E-state index is 3.56. The summed E-state index contributed by atoms with van der Waals surface area (Å²) in [7, 11) is 0. The van der Waals surface area contributed by atoms with Gasteiger partial charge in [-0.15, -0.1) is 0 Å². The van der Waals surface area contributed by atoms with Crippen molar-refractivity contribution < 1.29 is 0 Å². The van der Waals surface area contributed by atoms with Crippen molar-refractivity contribution >= 4 is 5.69 Å². The zero-order valence-electron chi connectivity index (χ0n) is 9.72. The van der Waals surface area contributed by atoms with Gasteiger partial charge in [0.25, 0.3) is 0 Å². The third-order valence-electron chi connectivity index (χ3n) is 2.38. The number of anilines is 1. The maximum Gasteiger partial charge on any atom is 0.0346 e. The lowest BCUT2D eigenvalue weighted by atomic mass is 9.98. The van der Waals surface area contributed by atoms with Crippen molar-refractivity contribution in [2.75, 3.05) is 5.32 Å². The predicted molar refractivity (Wildman–Crippen MR) is 63.8 cm³/mol. The van der Waals surface area contributed by atoms with E-state index in [2.05, 4.69) is 57.3 Å². The average molecular weight is 191 g/mol. The van der Waals surface area contributed by atoms with E-state index in [0.717, 1.165) is 0 Å². The van der Waals surface area contributed by atoms with Crippen molar-refractivity contribution in [1.29, 1.82) is 0 Å². The summed E-state index contributed by atoms with van der Waals surface area (Å²) in [5.74, 6) is 0.